The van der Waals surface area contributed by atoms with Crippen LogP contribution in [0.2, 0.25) is 0 Å². The molecule has 0 bridgehead atoms. The van der Waals surface area contributed by atoms with E-state index in [-0.39, 0.29) is 11.0 Å². The van der Waals surface area contributed by atoms with Crippen molar-refractivity contribution in [2.45, 2.75) is 24.5 Å². The molecule has 2 aromatic heterocycles. The lowest BCUT2D eigenvalue weighted by atomic mass is 10.2. The number of sulfone groups is 1. The van der Waals surface area contributed by atoms with Gasteiger partial charge in [-0.25, -0.2) is 13.4 Å². The van der Waals surface area contributed by atoms with Gasteiger partial charge in [0.05, 0.1) is 22.7 Å². The molecule has 6 heteroatoms. The Bertz CT molecular complexity index is 733. The number of hydrogen-bond acceptors (Lipinski definition) is 4. The van der Waals surface area contributed by atoms with Crippen LogP contribution in [0.1, 0.15) is 29.0 Å². The second kappa shape index (κ2) is 4.45. The topological polar surface area (TPSA) is 68.5 Å². The highest BCUT2D eigenvalue weighted by Crippen LogP contribution is 2.24. The molecule has 1 fully saturated rings. The van der Waals surface area contributed by atoms with Crippen molar-refractivity contribution in [3.05, 3.63) is 35.9 Å². The zero-order valence-electron chi connectivity index (χ0n) is 10.3. The van der Waals surface area contributed by atoms with Crippen molar-refractivity contribution in [2.24, 2.45) is 0 Å². The third kappa shape index (κ3) is 2.06. The van der Waals surface area contributed by atoms with E-state index in [9.17, 15) is 13.2 Å². The largest absolute Gasteiger partial charge is 0.303 e. The maximum absolute atomic E-state index is 11.9. The first-order chi connectivity index (χ1) is 9.12. The first-order valence-electron chi connectivity index (χ1n) is 6.23. The zero-order valence-corrected chi connectivity index (χ0v) is 11.1. The fourth-order valence-electron chi connectivity index (χ4n) is 2.64. The number of pyridine rings is 1. The predicted molar refractivity (Wildman–Crippen MR) is 71.1 cm³/mol. The van der Waals surface area contributed by atoms with Crippen molar-refractivity contribution in [3.8, 4) is 0 Å². The number of fused-ring (bicyclic) bond motifs is 1. The predicted octanol–water partition coefficient (Wildman–Crippen LogP) is 1.27. The summed E-state index contributed by atoms with van der Waals surface area (Å²) in [5.74, 6) is 0.981. The van der Waals surface area contributed by atoms with E-state index in [4.69, 9.17) is 0 Å². The molecule has 0 N–H and O–H groups in total. The van der Waals surface area contributed by atoms with Crippen molar-refractivity contribution in [3.63, 3.8) is 0 Å². The van der Waals surface area contributed by atoms with E-state index < -0.39 is 9.84 Å². The van der Waals surface area contributed by atoms with Crippen molar-refractivity contribution in [1.82, 2.24) is 9.38 Å². The molecule has 0 saturated carbocycles. The van der Waals surface area contributed by atoms with Gasteiger partial charge in [-0.15, -0.1) is 0 Å². The summed E-state index contributed by atoms with van der Waals surface area (Å²) in [7, 11) is -2.97. The highest BCUT2D eigenvalue weighted by atomic mass is 32.2. The van der Waals surface area contributed by atoms with Gasteiger partial charge in [0.1, 0.15) is 5.82 Å². The van der Waals surface area contributed by atoms with Gasteiger partial charge in [-0.2, -0.15) is 0 Å². The van der Waals surface area contributed by atoms with Crippen LogP contribution in [0.3, 0.4) is 0 Å². The van der Waals surface area contributed by atoms with Gasteiger partial charge in [-0.05, 0) is 25.0 Å². The van der Waals surface area contributed by atoms with E-state index in [2.05, 4.69) is 4.98 Å². The number of rotatable bonds is 3. The molecule has 3 rings (SSSR count). The van der Waals surface area contributed by atoms with Gasteiger partial charge in [0, 0.05) is 18.2 Å². The first kappa shape index (κ1) is 12.3. The summed E-state index contributed by atoms with van der Waals surface area (Å²) >= 11 is 0. The number of nitrogens with zero attached hydrogens (tertiary/aromatic N) is 2. The van der Waals surface area contributed by atoms with E-state index >= 15 is 0 Å². The molecule has 19 heavy (non-hydrogen) atoms. The van der Waals surface area contributed by atoms with Gasteiger partial charge in [0.25, 0.3) is 0 Å². The Morgan fingerprint density at radius 1 is 1.47 bits per heavy atom. The zero-order chi connectivity index (χ0) is 13.5. The Labute approximate surface area is 111 Å². The number of hydrogen-bond donors (Lipinski definition) is 0. The van der Waals surface area contributed by atoms with Gasteiger partial charge in [-0.3, -0.25) is 4.79 Å². The van der Waals surface area contributed by atoms with Gasteiger partial charge in [0.15, 0.2) is 16.1 Å². The second-order valence-electron chi connectivity index (χ2n) is 4.85. The van der Waals surface area contributed by atoms with Crippen LogP contribution in [0, 0.1) is 0 Å². The van der Waals surface area contributed by atoms with Crippen LogP contribution in [0.25, 0.3) is 5.52 Å². The molecule has 0 spiro atoms. The number of carbonyl (C=O) groups is 1. The van der Waals surface area contributed by atoms with Crippen LogP contribution in [-0.4, -0.2) is 35.1 Å². The van der Waals surface area contributed by atoms with Crippen molar-refractivity contribution in [2.75, 3.05) is 5.75 Å². The van der Waals surface area contributed by atoms with Crippen LogP contribution in [0.4, 0.5) is 0 Å². The second-order valence-corrected chi connectivity index (χ2v) is 7.25. The van der Waals surface area contributed by atoms with Crippen LogP contribution in [-0.2, 0) is 16.3 Å². The average Bonchev–Trinajstić information content (AvgIpc) is 2.94. The Morgan fingerprint density at radius 3 is 3.00 bits per heavy atom. The summed E-state index contributed by atoms with van der Waals surface area (Å²) in [4.78, 5) is 15.2. The maximum atomic E-state index is 11.9. The minimum Gasteiger partial charge on any atom is -0.303 e. The van der Waals surface area contributed by atoms with E-state index in [1.165, 1.54) is 0 Å². The number of aromatic nitrogens is 2. The van der Waals surface area contributed by atoms with Gasteiger partial charge in [0.2, 0.25) is 0 Å². The molecule has 2 aromatic rings. The summed E-state index contributed by atoms with van der Waals surface area (Å²) < 4.78 is 25.5. The highest BCUT2D eigenvalue weighted by molar-refractivity contribution is 7.92. The lowest BCUT2D eigenvalue weighted by Gasteiger charge is -2.08. The van der Waals surface area contributed by atoms with E-state index in [0.717, 1.165) is 18.2 Å². The molecule has 1 atom stereocenters. The monoisotopic (exact) mass is 278 g/mol. The number of carbonyl (C=O) groups excluding carboxylic acids is 1. The molecule has 0 radical (unpaired) electrons. The molecule has 1 aliphatic heterocycles. The smallest absolute Gasteiger partial charge is 0.153 e. The third-order valence-electron chi connectivity index (χ3n) is 3.68. The van der Waals surface area contributed by atoms with Gasteiger partial charge in [-0.1, -0.05) is 0 Å². The fourth-order valence-corrected chi connectivity index (χ4v) is 4.47. The Hall–Kier alpha value is -1.69. The lowest BCUT2D eigenvalue weighted by Crippen LogP contribution is -2.19. The van der Waals surface area contributed by atoms with Gasteiger partial charge >= 0.3 is 0 Å². The fraction of sp³-hybridized carbons (Fsp3) is 0.385. The standard InChI is InChI=1S/C13H14N2O3S/c16-9-10-3-1-5-15-12(10)8-14-13(15)7-11-4-2-6-19(11,17)18/h1,3,5,8-9,11H,2,4,6-7H2. The molecule has 0 amide bonds. The average molecular weight is 278 g/mol. The summed E-state index contributed by atoms with van der Waals surface area (Å²) in [6, 6.07) is 3.49. The van der Waals surface area contributed by atoms with Crippen LogP contribution < -0.4 is 0 Å². The normalized spacial score (nSPS) is 21.8. The molecule has 1 unspecified atom stereocenters. The van der Waals surface area contributed by atoms with Crippen molar-refractivity contribution >= 4 is 21.6 Å². The third-order valence-corrected chi connectivity index (χ3v) is 5.96. The van der Waals surface area contributed by atoms with Crippen LogP contribution in [0.15, 0.2) is 24.5 Å². The molecular formula is C13H14N2O3S. The molecule has 1 saturated heterocycles. The van der Waals surface area contributed by atoms with Crippen LogP contribution >= 0.6 is 0 Å². The molecule has 5 nitrogen and oxygen atoms in total. The summed E-state index contributed by atoms with van der Waals surface area (Å²) in [6.07, 6.45) is 6.07. The molecule has 3 heterocycles. The molecule has 0 aromatic carbocycles. The summed E-state index contributed by atoms with van der Waals surface area (Å²) in [5, 5.41) is -0.335. The molecule has 100 valence electrons. The van der Waals surface area contributed by atoms with Crippen LogP contribution in [0.5, 0.6) is 0 Å². The highest BCUT2D eigenvalue weighted by Gasteiger charge is 2.32. The minimum absolute atomic E-state index is 0.278. The Kier molecular flexibility index (Phi) is 2.89. The molecular weight excluding hydrogens is 264 g/mol. The van der Waals surface area contributed by atoms with E-state index in [1.807, 2.05) is 6.20 Å². The lowest BCUT2D eigenvalue weighted by molar-refractivity contribution is 0.112. The minimum atomic E-state index is -2.97. The van der Waals surface area contributed by atoms with E-state index in [1.54, 1.807) is 22.7 Å². The Balaban J connectivity index is 2.00. The van der Waals surface area contributed by atoms with E-state index in [0.29, 0.717) is 24.2 Å². The van der Waals surface area contributed by atoms with Gasteiger partial charge < -0.3 is 4.40 Å². The summed E-state index contributed by atoms with van der Waals surface area (Å²) in [6.45, 7) is 0. The molecule has 1 aliphatic rings. The maximum Gasteiger partial charge on any atom is 0.153 e. The SMILES string of the molecule is O=Cc1cccn2c(CC3CCCS3(=O)=O)ncc12. The first-order valence-corrected chi connectivity index (χ1v) is 7.95. The Morgan fingerprint density at radius 2 is 2.32 bits per heavy atom. The quantitative estimate of drug-likeness (QED) is 0.793. The summed E-state index contributed by atoms with van der Waals surface area (Å²) in [5.41, 5.74) is 1.29. The molecule has 0 aliphatic carbocycles. The number of aldehydes is 1. The van der Waals surface area contributed by atoms with Crippen molar-refractivity contribution < 1.29 is 13.2 Å². The number of imidazole rings is 1. The van der Waals surface area contributed by atoms with Crippen molar-refractivity contribution in [1.29, 1.82) is 0 Å².